The van der Waals surface area contributed by atoms with Gasteiger partial charge in [0.25, 0.3) is 5.56 Å². The van der Waals surface area contributed by atoms with Crippen LogP contribution in [0.1, 0.15) is 13.8 Å². The molecule has 19 heavy (non-hydrogen) atoms. The second-order valence-corrected chi connectivity index (χ2v) is 4.39. The molecule has 1 atom stereocenters. The van der Waals surface area contributed by atoms with E-state index in [1.807, 2.05) is 13.8 Å². The number of carbonyl (C=O) groups is 1. The Labute approximate surface area is 111 Å². The Balaban J connectivity index is 2.61. The molecule has 1 heterocycles. The minimum Gasteiger partial charge on any atom is -0.353 e. The maximum absolute atomic E-state index is 11.7. The average Bonchev–Trinajstić information content (AvgIpc) is 2.37. The van der Waals surface area contributed by atoms with Crippen molar-refractivity contribution in [3.8, 4) is 0 Å². The Morgan fingerprint density at radius 3 is 2.74 bits per heavy atom. The van der Waals surface area contributed by atoms with Crippen molar-refractivity contribution in [3.05, 3.63) is 33.1 Å². The molecule has 1 rings (SSSR count). The van der Waals surface area contributed by atoms with Gasteiger partial charge in [-0.1, -0.05) is 6.92 Å². The summed E-state index contributed by atoms with van der Waals surface area (Å²) in [6.07, 6.45) is 1.33. The van der Waals surface area contributed by atoms with E-state index in [2.05, 4.69) is 10.6 Å². The van der Waals surface area contributed by atoms with Crippen LogP contribution in [0.15, 0.2) is 21.9 Å². The zero-order valence-corrected chi connectivity index (χ0v) is 11.5. The van der Waals surface area contributed by atoms with Crippen molar-refractivity contribution < 1.29 is 4.79 Å². The van der Waals surface area contributed by atoms with Crippen LogP contribution in [0.2, 0.25) is 0 Å². The van der Waals surface area contributed by atoms with Crippen molar-refractivity contribution in [3.63, 3.8) is 0 Å². The molecule has 0 spiro atoms. The normalized spacial score (nSPS) is 12.2. The highest BCUT2D eigenvalue weighted by Gasteiger charge is 2.07. The van der Waals surface area contributed by atoms with Crippen LogP contribution in [0, 0.1) is 0 Å². The quantitative estimate of drug-likeness (QED) is 0.669. The Bertz CT molecular complexity index is 547. The van der Waals surface area contributed by atoms with Gasteiger partial charge in [-0.2, -0.15) is 0 Å². The zero-order valence-electron chi connectivity index (χ0n) is 11.5. The molecule has 0 saturated carbocycles. The summed E-state index contributed by atoms with van der Waals surface area (Å²) in [5.41, 5.74) is -0.884. The first-order valence-electron chi connectivity index (χ1n) is 6.22. The van der Waals surface area contributed by atoms with Gasteiger partial charge in [0, 0.05) is 31.9 Å². The van der Waals surface area contributed by atoms with E-state index in [1.54, 1.807) is 0 Å². The van der Waals surface area contributed by atoms with E-state index in [9.17, 15) is 14.4 Å². The van der Waals surface area contributed by atoms with Gasteiger partial charge >= 0.3 is 5.69 Å². The van der Waals surface area contributed by atoms with Gasteiger partial charge in [-0.15, -0.1) is 0 Å². The Kier molecular flexibility index (Phi) is 5.50. The van der Waals surface area contributed by atoms with E-state index in [0.717, 1.165) is 11.1 Å². The third-order valence-electron chi connectivity index (χ3n) is 2.73. The molecule has 0 fully saturated rings. The summed E-state index contributed by atoms with van der Waals surface area (Å²) in [7, 11) is 1.38. The highest BCUT2D eigenvalue weighted by atomic mass is 16.2. The maximum atomic E-state index is 11.7. The van der Waals surface area contributed by atoms with Crippen LogP contribution in [0.4, 0.5) is 0 Å². The molecule has 0 saturated heterocycles. The van der Waals surface area contributed by atoms with E-state index >= 15 is 0 Å². The second-order valence-electron chi connectivity index (χ2n) is 4.39. The third kappa shape index (κ3) is 4.36. The van der Waals surface area contributed by atoms with Crippen molar-refractivity contribution in [2.75, 3.05) is 13.1 Å². The highest BCUT2D eigenvalue weighted by Crippen LogP contribution is 1.82. The standard InChI is InChI=1S/C12H20N4O3/c1-4-13-9(2)7-14-10(17)8-16-6-5-11(18)15(3)12(16)19/h5-6,9,13H,4,7-8H2,1-3H3,(H,14,17)/t9-/m1/s1. The van der Waals surface area contributed by atoms with Gasteiger partial charge in [0.1, 0.15) is 6.54 Å². The lowest BCUT2D eigenvalue weighted by atomic mass is 10.3. The Morgan fingerprint density at radius 1 is 1.42 bits per heavy atom. The number of aromatic nitrogens is 2. The molecule has 1 amide bonds. The van der Waals surface area contributed by atoms with Crippen LogP contribution >= 0.6 is 0 Å². The number of amides is 1. The number of nitrogens with one attached hydrogen (secondary N) is 2. The molecule has 0 bridgehead atoms. The molecule has 7 heteroatoms. The molecule has 0 unspecified atom stereocenters. The second kappa shape index (κ2) is 6.89. The Hall–Kier alpha value is -1.89. The molecule has 1 aromatic rings. The van der Waals surface area contributed by atoms with Gasteiger partial charge in [-0.25, -0.2) is 4.79 Å². The smallest absolute Gasteiger partial charge is 0.331 e. The van der Waals surface area contributed by atoms with Crippen LogP contribution in [-0.2, 0) is 18.4 Å². The van der Waals surface area contributed by atoms with Gasteiger partial charge in [0.05, 0.1) is 0 Å². The number of hydrogen-bond donors (Lipinski definition) is 2. The lowest BCUT2D eigenvalue weighted by molar-refractivity contribution is -0.121. The minimum atomic E-state index is -0.498. The predicted molar refractivity (Wildman–Crippen MR) is 72.1 cm³/mol. The molecule has 106 valence electrons. The van der Waals surface area contributed by atoms with Crippen molar-refractivity contribution >= 4 is 5.91 Å². The van der Waals surface area contributed by atoms with Gasteiger partial charge in [0.2, 0.25) is 5.91 Å². The summed E-state index contributed by atoms with van der Waals surface area (Å²) in [5, 5.41) is 5.89. The van der Waals surface area contributed by atoms with Crippen molar-refractivity contribution in [2.24, 2.45) is 7.05 Å². The number of hydrogen-bond acceptors (Lipinski definition) is 4. The van der Waals surface area contributed by atoms with Crippen molar-refractivity contribution in [2.45, 2.75) is 26.4 Å². The van der Waals surface area contributed by atoms with Gasteiger partial charge in [0.15, 0.2) is 0 Å². The number of carbonyl (C=O) groups excluding carboxylic acids is 1. The lowest BCUT2D eigenvalue weighted by Gasteiger charge is -2.13. The fourth-order valence-electron chi connectivity index (χ4n) is 1.63. The van der Waals surface area contributed by atoms with E-state index in [0.29, 0.717) is 6.54 Å². The number of rotatable bonds is 6. The molecule has 0 aliphatic heterocycles. The molecule has 0 radical (unpaired) electrons. The van der Waals surface area contributed by atoms with E-state index < -0.39 is 5.69 Å². The molecular formula is C12H20N4O3. The third-order valence-corrected chi connectivity index (χ3v) is 2.73. The van der Waals surface area contributed by atoms with Gasteiger partial charge in [-0.3, -0.25) is 18.7 Å². The topological polar surface area (TPSA) is 85.1 Å². The molecule has 2 N–H and O–H groups in total. The van der Waals surface area contributed by atoms with Crippen LogP contribution in [-0.4, -0.2) is 34.2 Å². The number of likely N-dealkylation sites (N-methyl/N-ethyl adjacent to an activating group) is 1. The summed E-state index contributed by atoms with van der Waals surface area (Å²) < 4.78 is 2.17. The fourth-order valence-corrected chi connectivity index (χ4v) is 1.63. The fraction of sp³-hybridized carbons (Fsp3) is 0.583. The first-order chi connectivity index (χ1) is 8.95. The van der Waals surface area contributed by atoms with E-state index in [4.69, 9.17) is 0 Å². The maximum Gasteiger partial charge on any atom is 0.331 e. The summed E-state index contributed by atoms with van der Waals surface area (Å²) in [5.74, 6) is -0.259. The molecule has 0 aliphatic rings. The van der Waals surface area contributed by atoms with Crippen LogP contribution in [0.5, 0.6) is 0 Å². The van der Waals surface area contributed by atoms with Crippen molar-refractivity contribution in [1.82, 2.24) is 19.8 Å². The summed E-state index contributed by atoms with van der Waals surface area (Å²) in [6, 6.07) is 1.43. The molecule has 1 aromatic heterocycles. The van der Waals surface area contributed by atoms with E-state index in [1.165, 1.54) is 23.9 Å². The largest absolute Gasteiger partial charge is 0.353 e. The first-order valence-corrected chi connectivity index (χ1v) is 6.22. The minimum absolute atomic E-state index is 0.0915. The monoisotopic (exact) mass is 268 g/mol. The summed E-state index contributed by atoms with van der Waals surface area (Å²) in [6.45, 7) is 5.18. The first kappa shape index (κ1) is 15.2. The number of nitrogens with zero attached hydrogens (tertiary/aromatic N) is 2. The average molecular weight is 268 g/mol. The van der Waals surface area contributed by atoms with Gasteiger partial charge < -0.3 is 10.6 Å². The predicted octanol–water partition coefficient (Wildman–Crippen LogP) is -1.34. The molecule has 7 nitrogen and oxygen atoms in total. The lowest BCUT2D eigenvalue weighted by Crippen LogP contribution is -2.43. The van der Waals surface area contributed by atoms with Crippen molar-refractivity contribution in [1.29, 1.82) is 0 Å². The van der Waals surface area contributed by atoms with Gasteiger partial charge in [-0.05, 0) is 13.5 Å². The van der Waals surface area contributed by atoms with Crippen LogP contribution in [0.3, 0.4) is 0 Å². The summed E-state index contributed by atoms with van der Waals surface area (Å²) >= 11 is 0. The highest BCUT2D eigenvalue weighted by molar-refractivity contribution is 5.75. The van der Waals surface area contributed by atoms with E-state index in [-0.39, 0.29) is 24.1 Å². The zero-order chi connectivity index (χ0) is 14.4. The summed E-state index contributed by atoms with van der Waals surface area (Å²) in [4.78, 5) is 34.6. The SMILES string of the molecule is CCN[C@H](C)CNC(=O)Cn1ccc(=O)n(C)c1=O. The van der Waals surface area contributed by atoms with Crippen LogP contribution in [0.25, 0.3) is 0 Å². The molecule has 0 aliphatic carbocycles. The van der Waals surface area contributed by atoms with Crippen LogP contribution < -0.4 is 21.9 Å². The Morgan fingerprint density at radius 2 is 2.11 bits per heavy atom. The molecule has 0 aromatic carbocycles. The molecular weight excluding hydrogens is 248 g/mol.